The number of amides is 5. The molecule has 0 unspecified atom stereocenters. The van der Waals surface area contributed by atoms with Gasteiger partial charge in [-0.1, -0.05) is 98.8 Å². The number of carbonyl (C=O) groups is 9. The van der Waals surface area contributed by atoms with E-state index in [1.54, 1.807) is 61.5 Å². The van der Waals surface area contributed by atoms with Crippen LogP contribution < -0.4 is 36.2 Å². The molecule has 0 spiro atoms. The number of ketones is 2. The quantitative estimate of drug-likeness (QED) is 0.0112. The van der Waals surface area contributed by atoms with Gasteiger partial charge in [0.25, 0.3) is 20.2 Å². The number of hydrogen-bond donors (Lipinski definition) is 10. The van der Waals surface area contributed by atoms with E-state index in [1.165, 1.54) is 0 Å². The van der Waals surface area contributed by atoms with Gasteiger partial charge in [-0.25, -0.2) is 14.4 Å². The lowest BCUT2D eigenvalue weighted by Crippen LogP contribution is -2.48. The molecule has 28 heteroatoms. The predicted molar refractivity (Wildman–Crippen MR) is 400 cm³/mol. The van der Waals surface area contributed by atoms with E-state index >= 15 is 0 Å². The highest BCUT2D eigenvalue weighted by Gasteiger charge is 2.45. The highest BCUT2D eigenvalue weighted by molar-refractivity contribution is 7.86. The number of aliphatic carboxylic acids is 3. The number of carbonyl (C=O) groups excluding carboxylic acids is 6. The summed E-state index contributed by atoms with van der Waals surface area (Å²) in [6.07, 6.45) is 10.2. The van der Waals surface area contributed by atoms with Crippen LogP contribution in [-0.2, 0) is 82.3 Å². The van der Waals surface area contributed by atoms with Crippen molar-refractivity contribution in [1.29, 1.82) is 0 Å². The molecular formula is C78H100N7O19S2+. The minimum Gasteiger partial charge on any atom is -0.481 e. The van der Waals surface area contributed by atoms with Gasteiger partial charge in [-0.15, -0.1) is 0 Å². The second kappa shape index (κ2) is 39.1. The number of nitrogens with one attached hydrogen (secondary N) is 5. The number of ether oxygens (including phenoxy) is 1. The SMILES string of the molecule is CCNC(=O)C[C@H](CC(=O)[C@H](Cc1ccccc1)NC(=O)CCCCC(=O)CC[C@H](NC(=O)NCCCC(=O)O)C(=O)O)C(=O)N[C@H](Cc1ccc(OC2=C(C=CC3=[N+](CCCCS(=O)(=O)O)c4ccccc4C3(C)C)CCCC2=CC=C2N(CCCCS(=O)(=O)O)c3ccccc3C2(C)C)cc1)C(=O)O. The molecule has 572 valence electrons. The molecule has 4 atom stereocenters. The van der Waals surface area contributed by atoms with E-state index in [4.69, 9.17) is 9.84 Å². The standard InChI is InChI=1S/C78H99N7O19S2/c1-6-79-70(89)51-56(50-66(87)62(48-52-22-8-7-9-23-52)81-69(88)31-15-10-26-57(86)37-40-61(74(93)94)83-76(97)80-43-21-32-71(90)91)73(92)82-63(75(95)96)49-53-33-38-58(39-34-53)104-72-54(35-41-67-77(2,3)59-27-11-13-29-64(59)84(67)44-16-18-46-105(98,99)100)24-20-25-55(72)36-42-68-78(4,5)60-28-12-14-30-65(60)85(68)45-17-19-47-106(101,102)103/h7-9,11-14,22-23,27-30,33-36,38-39,41-42,56,61-63H,6,10,15-21,24-26,31-32,37,40,43-51H2,1-5H3,(H9-,79,80,81,82,83,88,89,90,91,92,93,94,95,96,97,98,99,100,101,102,103)/p+1/t56-,61-,62-,63+/m0/s1. The highest BCUT2D eigenvalue weighted by Crippen LogP contribution is 2.48. The van der Waals surface area contributed by atoms with Crippen LogP contribution in [0.3, 0.4) is 0 Å². The molecule has 10 N–H and O–H groups in total. The van der Waals surface area contributed by atoms with Crippen molar-refractivity contribution < 1.29 is 93.7 Å². The van der Waals surface area contributed by atoms with Crippen LogP contribution in [0.2, 0.25) is 0 Å². The molecule has 0 saturated heterocycles. The molecule has 4 aromatic carbocycles. The average molecular weight is 1500 g/mol. The molecular weight excluding hydrogens is 1400 g/mol. The summed E-state index contributed by atoms with van der Waals surface area (Å²) in [5, 5.41) is 41.7. The van der Waals surface area contributed by atoms with E-state index in [0.717, 1.165) is 51.5 Å². The molecule has 5 amide bonds. The third-order valence-electron chi connectivity index (χ3n) is 19.1. The number of fused-ring (bicyclic) bond motifs is 2. The summed E-state index contributed by atoms with van der Waals surface area (Å²) in [6.45, 7) is 11.3. The number of urea groups is 1. The Morgan fingerprint density at radius 2 is 1.24 bits per heavy atom. The Hall–Kier alpha value is -9.64. The van der Waals surface area contributed by atoms with Gasteiger partial charge in [0.15, 0.2) is 11.5 Å². The van der Waals surface area contributed by atoms with Gasteiger partial charge < -0.3 is 51.5 Å². The van der Waals surface area contributed by atoms with E-state index in [9.17, 15) is 79.3 Å². The first kappa shape index (κ1) is 83.6. The summed E-state index contributed by atoms with van der Waals surface area (Å²) in [5.41, 5.74) is 7.95. The molecule has 0 radical (unpaired) electrons. The zero-order valence-corrected chi connectivity index (χ0v) is 62.4. The summed E-state index contributed by atoms with van der Waals surface area (Å²) < 4.78 is 75.1. The van der Waals surface area contributed by atoms with Crippen molar-refractivity contribution in [3.05, 3.63) is 172 Å². The van der Waals surface area contributed by atoms with Crippen LogP contribution in [0, 0.1) is 5.92 Å². The molecule has 0 saturated carbocycles. The van der Waals surface area contributed by atoms with Crippen molar-refractivity contribution in [2.45, 2.75) is 186 Å². The number of para-hydroxylation sites is 2. The van der Waals surface area contributed by atoms with E-state index in [2.05, 4.69) is 100 Å². The van der Waals surface area contributed by atoms with Crippen molar-refractivity contribution in [2.24, 2.45) is 5.92 Å². The number of unbranched alkanes of at least 4 members (excludes halogenated alkanes) is 3. The van der Waals surface area contributed by atoms with Gasteiger partial charge in [-0.2, -0.15) is 21.4 Å². The Balaban J connectivity index is 1.10. The molecule has 2 aliphatic heterocycles. The Labute approximate surface area is 619 Å². The molecule has 1 aliphatic carbocycles. The van der Waals surface area contributed by atoms with Crippen molar-refractivity contribution in [3.63, 3.8) is 0 Å². The second-order valence-electron chi connectivity index (χ2n) is 28.0. The zero-order chi connectivity index (χ0) is 77.4. The second-order valence-corrected chi connectivity index (χ2v) is 31.1. The van der Waals surface area contributed by atoms with Crippen LogP contribution in [-0.4, -0.2) is 161 Å². The molecule has 0 fully saturated rings. The molecule has 26 nitrogen and oxygen atoms in total. The van der Waals surface area contributed by atoms with Gasteiger partial charge in [0.1, 0.15) is 35.9 Å². The molecule has 3 aliphatic rings. The number of benzene rings is 4. The monoisotopic (exact) mass is 1500 g/mol. The third kappa shape index (κ3) is 25.3. The largest absolute Gasteiger partial charge is 0.481 e. The Kier molecular flexibility index (Phi) is 30.8. The minimum absolute atomic E-state index is 0.00325. The van der Waals surface area contributed by atoms with Crippen LogP contribution in [0.4, 0.5) is 16.2 Å². The van der Waals surface area contributed by atoms with Gasteiger partial charge in [0.2, 0.25) is 23.4 Å². The van der Waals surface area contributed by atoms with Gasteiger partial charge in [0.05, 0.1) is 28.9 Å². The van der Waals surface area contributed by atoms with E-state index in [1.807, 2.05) is 36.4 Å². The number of carboxylic acids is 3. The van der Waals surface area contributed by atoms with Crippen molar-refractivity contribution in [3.8, 4) is 5.75 Å². The Morgan fingerprint density at radius 3 is 1.91 bits per heavy atom. The summed E-state index contributed by atoms with van der Waals surface area (Å²) >= 11 is 0. The number of nitrogens with zero attached hydrogens (tertiary/aromatic N) is 2. The summed E-state index contributed by atoms with van der Waals surface area (Å²) in [5.74, 6) is -7.93. The van der Waals surface area contributed by atoms with Crippen LogP contribution in [0.15, 0.2) is 150 Å². The lowest BCUT2D eigenvalue weighted by atomic mass is 9.81. The maximum atomic E-state index is 14.5. The number of rotatable bonds is 43. The Morgan fingerprint density at radius 1 is 0.604 bits per heavy atom. The van der Waals surface area contributed by atoms with E-state index in [-0.39, 0.29) is 107 Å². The normalized spacial score (nSPS) is 16.5. The lowest BCUT2D eigenvalue weighted by Gasteiger charge is -2.27. The Bertz CT molecular complexity index is 4240. The smallest absolute Gasteiger partial charge is 0.326 e. The highest BCUT2D eigenvalue weighted by atomic mass is 32.2. The first-order valence-electron chi connectivity index (χ1n) is 36.0. The number of allylic oxidation sites excluding steroid dienone is 7. The van der Waals surface area contributed by atoms with Crippen molar-refractivity contribution in [1.82, 2.24) is 26.6 Å². The lowest BCUT2D eigenvalue weighted by molar-refractivity contribution is -0.438. The first-order chi connectivity index (χ1) is 50.2. The van der Waals surface area contributed by atoms with Gasteiger partial charge in [0, 0.05) is 106 Å². The maximum absolute atomic E-state index is 14.5. The number of hydrogen-bond acceptors (Lipinski definition) is 15. The fourth-order valence-corrected chi connectivity index (χ4v) is 14.7. The van der Waals surface area contributed by atoms with Crippen LogP contribution >= 0.6 is 0 Å². The molecule has 0 aromatic heterocycles. The number of carboxylic acid groups (broad SMARTS) is 3. The van der Waals surface area contributed by atoms with Crippen LogP contribution in [0.25, 0.3) is 0 Å². The van der Waals surface area contributed by atoms with Crippen LogP contribution in [0.1, 0.15) is 166 Å². The zero-order valence-electron chi connectivity index (χ0n) is 60.8. The van der Waals surface area contributed by atoms with Gasteiger partial charge >= 0.3 is 23.9 Å². The molecule has 7 rings (SSSR count). The van der Waals surface area contributed by atoms with E-state index in [0.29, 0.717) is 61.4 Å². The number of Topliss-reactive ketones (excluding diaryl/α,β-unsaturated/α-hetero) is 2. The molecule has 106 heavy (non-hydrogen) atoms. The summed E-state index contributed by atoms with van der Waals surface area (Å²) in [7, 11) is -8.33. The maximum Gasteiger partial charge on any atom is 0.326 e. The summed E-state index contributed by atoms with van der Waals surface area (Å²) in [4.78, 5) is 119. The predicted octanol–water partition coefficient (Wildman–Crippen LogP) is 9.55. The fourth-order valence-electron chi connectivity index (χ4n) is 13.6. The van der Waals surface area contributed by atoms with Crippen LogP contribution in [0.5, 0.6) is 5.75 Å². The van der Waals surface area contributed by atoms with Crippen molar-refractivity contribution >= 4 is 90.5 Å². The molecule has 2 heterocycles. The summed E-state index contributed by atoms with van der Waals surface area (Å²) in [6, 6.07) is 26.6. The fraction of sp³-hybridized carbons (Fsp3) is 0.462. The third-order valence-corrected chi connectivity index (χ3v) is 20.7. The molecule has 0 bridgehead atoms. The molecule has 4 aromatic rings. The van der Waals surface area contributed by atoms with E-state index < -0.39 is 115 Å². The van der Waals surface area contributed by atoms with Crippen molar-refractivity contribution in [2.75, 3.05) is 42.6 Å². The average Bonchev–Trinajstić information content (AvgIpc) is 1.60. The topological polar surface area (TPSA) is 399 Å². The first-order valence-corrected chi connectivity index (χ1v) is 39.2. The number of anilines is 1. The van der Waals surface area contributed by atoms with Gasteiger partial charge in [-0.3, -0.25) is 37.9 Å². The minimum atomic E-state index is -4.16. The van der Waals surface area contributed by atoms with Gasteiger partial charge in [-0.05, 0) is 150 Å².